The summed E-state index contributed by atoms with van der Waals surface area (Å²) in [6.45, 7) is 6.81. The van der Waals surface area contributed by atoms with Gasteiger partial charge in [0.15, 0.2) is 5.82 Å². The van der Waals surface area contributed by atoms with Crippen LogP contribution in [-0.2, 0) is 17.6 Å². The number of aromatic amines is 1. The molecule has 0 saturated heterocycles. The zero-order chi connectivity index (χ0) is 18.7. The number of H-pyrrole nitrogens is 1. The van der Waals surface area contributed by atoms with Crippen molar-refractivity contribution in [1.82, 2.24) is 20.0 Å². The minimum absolute atomic E-state index is 0.149. The van der Waals surface area contributed by atoms with Crippen molar-refractivity contribution in [3.63, 3.8) is 0 Å². The van der Waals surface area contributed by atoms with Crippen LogP contribution in [0.4, 0.5) is 0 Å². The molecule has 0 radical (unpaired) electrons. The second-order valence-electron chi connectivity index (χ2n) is 6.71. The van der Waals surface area contributed by atoms with Gasteiger partial charge in [-0.15, -0.1) is 0 Å². The highest BCUT2D eigenvalue weighted by atomic mass is 16.5. The standard InChI is InChI=1S/C20H26N4O2/c1-5-7-18(25)24(4)11-10-17-22-20(26-23-17)19-14(6-2)15-12-13(3)8-9-16(15)21-19/h8-9,12,21H,5-7,10-11H2,1-4H3. The van der Waals surface area contributed by atoms with E-state index in [0.717, 1.165) is 24.1 Å². The van der Waals surface area contributed by atoms with Crippen LogP contribution in [0.25, 0.3) is 22.5 Å². The van der Waals surface area contributed by atoms with Crippen molar-refractivity contribution in [2.75, 3.05) is 13.6 Å². The molecule has 0 spiro atoms. The maximum absolute atomic E-state index is 11.9. The molecule has 6 nitrogen and oxygen atoms in total. The van der Waals surface area contributed by atoms with E-state index in [4.69, 9.17) is 4.52 Å². The van der Waals surface area contributed by atoms with E-state index < -0.39 is 0 Å². The Morgan fingerprint density at radius 1 is 1.31 bits per heavy atom. The van der Waals surface area contributed by atoms with Crippen molar-refractivity contribution < 1.29 is 9.32 Å². The van der Waals surface area contributed by atoms with Gasteiger partial charge in [0.25, 0.3) is 5.89 Å². The van der Waals surface area contributed by atoms with Gasteiger partial charge in [-0.05, 0) is 37.5 Å². The van der Waals surface area contributed by atoms with Gasteiger partial charge in [0, 0.05) is 37.3 Å². The van der Waals surface area contributed by atoms with E-state index in [1.54, 1.807) is 4.90 Å². The fourth-order valence-corrected chi connectivity index (χ4v) is 3.17. The molecule has 1 amide bonds. The molecule has 6 heteroatoms. The van der Waals surface area contributed by atoms with Gasteiger partial charge < -0.3 is 14.4 Å². The van der Waals surface area contributed by atoms with Crippen LogP contribution in [0.5, 0.6) is 0 Å². The SMILES string of the molecule is CCCC(=O)N(C)CCc1noc(-c2[nH]c3ccc(C)cc3c2CC)n1. The Morgan fingerprint density at radius 3 is 2.85 bits per heavy atom. The zero-order valence-corrected chi connectivity index (χ0v) is 15.9. The van der Waals surface area contributed by atoms with Crippen molar-refractivity contribution in [3.8, 4) is 11.6 Å². The number of aromatic nitrogens is 3. The first-order chi connectivity index (χ1) is 12.5. The number of nitrogens with one attached hydrogen (secondary N) is 1. The minimum Gasteiger partial charge on any atom is -0.350 e. The van der Waals surface area contributed by atoms with Crippen molar-refractivity contribution in [2.24, 2.45) is 0 Å². The topological polar surface area (TPSA) is 75.0 Å². The Hall–Kier alpha value is -2.63. The monoisotopic (exact) mass is 354 g/mol. The van der Waals surface area contributed by atoms with Crippen LogP contribution in [0, 0.1) is 6.92 Å². The lowest BCUT2D eigenvalue weighted by Gasteiger charge is -2.15. The number of hydrogen-bond acceptors (Lipinski definition) is 4. The molecule has 1 N–H and O–H groups in total. The highest BCUT2D eigenvalue weighted by Crippen LogP contribution is 2.30. The molecule has 0 unspecified atom stereocenters. The van der Waals surface area contributed by atoms with Crippen molar-refractivity contribution in [1.29, 1.82) is 0 Å². The molecule has 0 saturated carbocycles. The summed E-state index contributed by atoms with van der Waals surface area (Å²) in [6, 6.07) is 6.35. The number of amides is 1. The number of carbonyl (C=O) groups is 1. The molecule has 0 bridgehead atoms. The first-order valence-corrected chi connectivity index (χ1v) is 9.21. The Balaban J connectivity index is 1.79. The third-order valence-electron chi connectivity index (χ3n) is 4.66. The summed E-state index contributed by atoms with van der Waals surface area (Å²) in [5, 5.41) is 5.29. The maximum Gasteiger partial charge on any atom is 0.274 e. The Labute approximate surface area is 153 Å². The number of fused-ring (bicyclic) bond motifs is 1. The molecule has 0 aliphatic heterocycles. The first kappa shape index (κ1) is 18.2. The molecule has 1 aromatic carbocycles. The summed E-state index contributed by atoms with van der Waals surface area (Å²) in [4.78, 5) is 21.5. The Bertz CT molecular complexity index is 910. The summed E-state index contributed by atoms with van der Waals surface area (Å²) < 4.78 is 5.50. The van der Waals surface area contributed by atoms with Gasteiger partial charge in [0.05, 0.1) is 0 Å². The highest BCUT2D eigenvalue weighted by Gasteiger charge is 2.18. The number of hydrogen-bond donors (Lipinski definition) is 1. The van der Waals surface area contributed by atoms with Crippen LogP contribution < -0.4 is 0 Å². The highest BCUT2D eigenvalue weighted by molar-refractivity contribution is 5.90. The third kappa shape index (κ3) is 3.64. The van der Waals surface area contributed by atoms with E-state index in [2.05, 4.69) is 47.2 Å². The van der Waals surface area contributed by atoms with Crippen LogP contribution in [0.3, 0.4) is 0 Å². The van der Waals surface area contributed by atoms with Crippen LogP contribution in [0.15, 0.2) is 22.7 Å². The summed E-state index contributed by atoms with van der Waals surface area (Å²) >= 11 is 0. The van der Waals surface area contributed by atoms with Gasteiger partial charge in [-0.3, -0.25) is 4.79 Å². The third-order valence-corrected chi connectivity index (χ3v) is 4.66. The second-order valence-corrected chi connectivity index (χ2v) is 6.71. The van der Waals surface area contributed by atoms with E-state index in [-0.39, 0.29) is 5.91 Å². The summed E-state index contributed by atoms with van der Waals surface area (Å²) in [6.07, 6.45) is 2.89. The van der Waals surface area contributed by atoms with E-state index in [9.17, 15) is 4.79 Å². The van der Waals surface area contributed by atoms with Crippen molar-refractivity contribution in [2.45, 2.75) is 46.5 Å². The van der Waals surface area contributed by atoms with Gasteiger partial charge in [0.2, 0.25) is 5.91 Å². The van der Waals surface area contributed by atoms with E-state index in [1.165, 1.54) is 16.5 Å². The molecule has 0 aliphatic carbocycles. The van der Waals surface area contributed by atoms with Crippen LogP contribution in [0.1, 0.15) is 43.6 Å². The lowest BCUT2D eigenvalue weighted by molar-refractivity contribution is -0.129. The summed E-state index contributed by atoms with van der Waals surface area (Å²) in [5.41, 5.74) is 4.38. The van der Waals surface area contributed by atoms with E-state index in [0.29, 0.717) is 31.1 Å². The number of nitrogens with zero attached hydrogens (tertiary/aromatic N) is 3. The lowest BCUT2D eigenvalue weighted by Crippen LogP contribution is -2.28. The molecular formula is C20H26N4O2. The number of carbonyl (C=O) groups excluding carboxylic acids is 1. The summed E-state index contributed by atoms with van der Waals surface area (Å²) in [7, 11) is 1.81. The molecule has 3 rings (SSSR count). The molecule has 3 aromatic rings. The predicted octanol–water partition coefficient (Wildman–Crippen LogP) is 3.89. The molecule has 0 fully saturated rings. The molecule has 2 aromatic heterocycles. The van der Waals surface area contributed by atoms with E-state index >= 15 is 0 Å². The van der Waals surface area contributed by atoms with Gasteiger partial charge in [-0.25, -0.2) is 0 Å². The number of likely N-dealkylation sites (N-methyl/N-ethyl adjacent to an activating group) is 1. The van der Waals surface area contributed by atoms with Gasteiger partial charge in [-0.1, -0.05) is 30.6 Å². The van der Waals surface area contributed by atoms with Crippen LogP contribution in [0.2, 0.25) is 0 Å². The fraction of sp³-hybridized carbons (Fsp3) is 0.450. The molecule has 0 aliphatic rings. The van der Waals surface area contributed by atoms with Gasteiger partial charge in [-0.2, -0.15) is 4.98 Å². The molecule has 0 atom stereocenters. The summed E-state index contributed by atoms with van der Waals surface area (Å²) in [5.74, 6) is 1.27. The fourth-order valence-electron chi connectivity index (χ4n) is 3.17. The minimum atomic E-state index is 0.149. The number of aryl methyl sites for hydroxylation is 2. The predicted molar refractivity (Wildman–Crippen MR) is 102 cm³/mol. The van der Waals surface area contributed by atoms with Crippen LogP contribution >= 0.6 is 0 Å². The quantitative estimate of drug-likeness (QED) is 0.698. The normalized spacial score (nSPS) is 11.2. The Kier molecular flexibility index (Phi) is 5.40. The zero-order valence-electron chi connectivity index (χ0n) is 15.9. The first-order valence-electron chi connectivity index (χ1n) is 9.21. The number of benzene rings is 1. The maximum atomic E-state index is 11.9. The lowest BCUT2D eigenvalue weighted by atomic mass is 10.1. The van der Waals surface area contributed by atoms with E-state index in [1.807, 2.05) is 14.0 Å². The van der Waals surface area contributed by atoms with Crippen molar-refractivity contribution >= 4 is 16.8 Å². The largest absolute Gasteiger partial charge is 0.350 e. The average molecular weight is 354 g/mol. The van der Waals surface area contributed by atoms with Crippen molar-refractivity contribution in [3.05, 3.63) is 35.2 Å². The second kappa shape index (κ2) is 7.72. The Morgan fingerprint density at radius 2 is 2.12 bits per heavy atom. The van der Waals surface area contributed by atoms with Gasteiger partial charge >= 0.3 is 0 Å². The number of rotatable bonds is 7. The average Bonchev–Trinajstić information content (AvgIpc) is 3.23. The van der Waals surface area contributed by atoms with Crippen LogP contribution in [-0.4, -0.2) is 39.5 Å². The van der Waals surface area contributed by atoms with Gasteiger partial charge in [0.1, 0.15) is 5.69 Å². The molecule has 2 heterocycles. The molecular weight excluding hydrogens is 328 g/mol. The molecule has 138 valence electrons. The smallest absolute Gasteiger partial charge is 0.274 e. The molecule has 26 heavy (non-hydrogen) atoms.